The molecular weight excluding hydrogens is 190 g/mol. The van der Waals surface area contributed by atoms with Crippen molar-refractivity contribution in [3.8, 4) is 12.3 Å². The van der Waals surface area contributed by atoms with E-state index in [0.29, 0.717) is 6.42 Å². The van der Waals surface area contributed by atoms with E-state index in [1.807, 2.05) is 0 Å². The van der Waals surface area contributed by atoms with Crippen LogP contribution in [-0.4, -0.2) is 25.2 Å². The van der Waals surface area contributed by atoms with Gasteiger partial charge in [0.1, 0.15) is 0 Å². The number of hydrogen-bond acceptors (Lipinski definition) is 2. The summed E-state index contributed by atoms with van der Waals surface area (Å²) in [6.07, 6.45) is 10.6. The lowest BCUT2D eigenvalue weighted by Crippen LogP contribution is -2.28. The van der Waals surface area contributed by atoms with Crippen LogP contribution in [0.25, 0.3) is 0 Å². The number of carbonyl (C=O) groups excluding carboxylic acids is 1. The number of carbonyl (C=O) groups is 1. The maximum Gasteiger partial charge on any atom is 0.222 e. The van der Waals surface area contributed by atoms with Crippen molar-refractivity contribution in [1.29, 1.82) is 0 Å². The number of rotatable bonds is 6. The fourth-order valence-corrected chi connectivity index (χ4v) is 1.66. The SMILES string of the molecule is C#CCCCCNC(=O)CC1CCCO1. The Labute approximate surface area is 91.6 Å². The first-order valence-corrected chi connectivity index (χ1v) is 5.64. The second-order valence-corrected chi connectivity index (χ2v) is 3.85. The normalized spacial score (nSPS) is 19.8. The van der Waals surface area contributed by atoms with E-state index >= 15 is 0 Å². The molecule has 3 heteroatoms. The summed E-state index contributed by atoms with van der Waals surface area (Å²) in [4.78, 5) is 11.4. The van der Waals surface area contributed by atoms with E-state index in [-0.39, 0.29) is 12.0 Å². The van der Waals surface area contributed by atoms with E-state index in [1.54, 1.807) is 0 Å². The van der Waals surface area contributed by atoms with E-state index in [1.165, 1.54) is 0 Å². The first-order chi connectivity index (χ1) is 7.33. The second-order valence-electron chi connectivity index (χ2n) is 3.85. The summed E-state index contributed by atoms with van der Waals surface area (Å²) in [6, 6.07) is 0. The molecular formula is C12H19NO2. The van der Waals surface area contributed by atoms with Crippen LogP contribution in [0.15, 0.2) is 0 Å². The smallest absolute Gasteiger partial charge is 0.222 e. The predicted molar refractivity (Wildman–Crippen MR) is 59.3 cm³/mol. The molecule has 84 valence electrons. The topological polar surface area (TPSA) is 38.3 Å². The zero-order valence-corrected chi connectivity index (χ0v) is 9.13. The monoisotopic (exact) mass is 209 g/mol. The summed E-state index contributed by atoms with van der Waals surface area (Å²) in [6.45, 7) is 1.54. The average molecular weight is 209 g/mol. The van der Waals surface area contributed by atoms with Gasteiger partial charge in [-0.05, 0) is 25.7 Å². The summed E-state index contributed by atoms with van der Waals surface area (Å²) in [7, 11) is 0. The highest BCUT2D eigenvalue weighted by atomic mass is 16.5. The fraction of sp³-hybridized carbons (Fsp3) is 0.750. The van der Waals surface area contributed by atoms with Crippen molar-refractivity contribution in [1.82, 2.24) is 5.32 Å². The minimum atomic E-state index is 0.0996. The van der Waals surface area contributed by atoms with Gasteiger partial charge in [-0.1, -0.05) is 0 Å². The van der Waals surface area contributed by atoms with Crippen LogP contribution in [0.5, 0.6) is 0 Å². The molecule has 1 aliphatic rings. The molecule has 1 aliphatic heterocycles. The molecule has 0 spiro atoms. The van der Waals surface area contributed by atoms with Crippen LogP contribution in [0.3, 0.4) is 0 Å². The zero-order valence-electron chi connectivity index (χ0n) is 9.13. The Morgan fingerprint density at radius 1 is 1.53 bits per heavy atom. The third-order valence-electron chi connectivity index (χ3n) is 2.51. The quantitative estimate of drug-likeness (QED) is 0.531. The average Bonchev–Trinajstić information content (AvgIpc) is 2.70. The third kappa shape index (κ3) is 5.44. The molecule has 1 heterocycles. The molecule has 0 radical (unpaired) electrons. The summed E-state index contributed by atoms with van der Waals surface area (Å²) in [5.74, 6) is 2.68. The molecule has 1 rings (SSSR count). The van der Waals surface area contributed by atoms with Crippen LogP contribution in [0, 0.1) is 12.3 Å². The molecule has 3 nitrogen and oxygen atoms in total. The Balaban J connectivity index is 1.96. The number of ether oxygens (including phenoxy) is 1. The van der Waals surface area contributed by atoms with Crippen molar-refractivity contribution in [3.63, 3.8) is 0 Å². The van der Waals surface area contributed by atoms with Crippen molar-refractivity contribution in [2.45, 2.75) is 44.6 Å². The van der Waals surface area contributed by atoms with Gasteiger partial charge in [0, 0.05) is 19.6 Å². The second kappa shape index (κ2) is 7.30. The Bertz CT molecular complexity index is 226. The van der Waals surface area contributed by atoms with Gasteiger partial charge in [0.25, 0.3) is 0 Å². The first-order valence-electron chi connectivity index (χ1n) is 5.64. The van der Waals surface area contributed by atoms with E-state index in [2.05, 4.69) is 11.2 Å². The molecule has 0 aromatic rings. The third-order valence-corrected chi connectivity index (χ3v) is 2.51. The van der Waals surface area contributed by atoms with E-state index in [4.69, 9.17) is 11.2 Å². The van der Waals surface area contributed by atoms with Crippen LogP contribution in [0.4, 0.5) is 0 Å². The van der Waals surface area contributed by atoms with E-state index < -0.39 is 0 Å². The number of hydrogen-bond donors (Lipinski definition) is 1. The lowest BCUT2D eigenvalue weighted by atomic mass is 10.2. The molecule has 15 heavy (non-hydrogen) atoms. The van der Waals surface area contributed by atoms with Crippen LogP contribution in [0.2, 0.25) is 0 Å². The molecule has 1 N–H and O–H groups in total. The van der Waals surface area contributed by atoms with E-state index in [0.717, 1.165) is 45.3 Å². The summed E-state index contributed by atoms with van der Waals surface area (Å²) in [5, 5.41) is 2.88. The fourth-order valence-electron chi connectivity index (χ4n) is 1.66. The molecule has 1 saturated heterocycles. The maximum atomic E-state index is 11.4. The Hall–Kier alpha value is -1.01. The highest BCUT2D eigenvalue weighted by Crippen LogP contribution is 2.14. The van der Waals surface area contributed by atoms with Crippen molar-refractivity contribution in [2.75, 3.05) is 13.2 Å². The van der Waals surface area contributed by atoms with Gasteiger partial charge < -0.3 is 10.1 Å². The van der Waals surface area contributed by atoms with Gasteiger partial charge in [-0.25, -0.2) is 0 Å². The standard InChI is InChI=1S/C12H19NO2/c1-2-3-4-5-8-13-12(14)10-11-7-6-9-15-11/h1,11H,3-10H2,(H,13,14). The van der Waals surface area contributed by atoms with Gasteiger partial charge in [0.05, 0.1) is 12.5 Å². The number of terminal acetylenes is 1. The van der Waals surface area contributed by atoms with Gasteiger partial charge in [-0.15, -0.1) is 12.3 Å². The minimum Gasteiger partial charge on any atom is -0.378 e. The van der Waals surface area contributed by atoms with Crippen molar-refractivity contribution in [2.24, 2.45) is 0 Å². The highest BCUT2D eigenvalue weighted by Gasteiger charge is 2.18. The summed E-state index contributed by atoms with van der Waals surface area (Å²) >= 11 is 0. The van der Waals surface area contributed by atoms with Crippen LogP contribution >= 0.6 is 0 Å². The van der Waals surface area contributed by atoms with Crippen LogP contribution in [0.1, 0.15) is 38.5 Å². The summed E-state index contributed by atoms with van der Waals surface area (Å²) < 4.78 is 5.38. The zero-order chi connectivity index (χ0) is 10.9. The Morgan fingerprint density at radius 3 is 3.07 bits per heavy atom. The van der Waals surface area contributed by atoms with Gasteiger partial charge >= 0.3 is 0 Å². The molecule has 0 bridgehead atoms. The minimum absolute atomic E-state index is 0.0996. The molecule has 1 amide bonds. The summed E-state index contributed by atoms with van der Waals surface area (Å²) in [5.41, 5.74) is 0. The molecule has 0 aromatic heterocycles. The molecule has 1 atom stereocenters. The molecule has 0 aliphatic carbocycles. The number of nitrogens with one attached hydrogen (secondary N) is 1. The van der Waals surface area contributed by atoms with Gasteiger partial charge in [0.15, 0.2) is 0 Å². The maximum absolute atomic E-state index is 11.4. The number of unbranched alkanes of at least 4 members (excludes halogenated alkanes) is 2. The predicted octanol–water partition coefficient (Wildman–Crippen LogP) is 1.48. The first kappa shape index (κ1) is 12.1. The molecule has 0 saturated carbocycles. The van der Waals surface area contributed by atoms with Crippen molar-refractivity contribution in [3.05, 3.63) is 0 Å². The van der Waals surface area contributed by atoms with Crippen LogP contribution < -0.4 is 5.32 Å². The Kier molecular flexibility index (Phi) is 5.87. The highest BCUT2D eigenvalue weighted by molar-refractivity contribution is 5.76. The number of amides is 1. The molecule has 0 aromatic carbocycles. The van der Waals surface area contributed by atoms with Crippen molar-refractivity contribution < 1.29 is 9.53 Å². The van der Waals surface area contributed by atoms with E-state index in [9.17, 15) is 4.79 Å². The Morgan fingerprint density at radius 2 is 2.40 bits per heavy atom. The lowest BCUT2D eigenvalue weighted by molar-refractivity contribution is -0.123. The van der Waals surface area contributed by atoms with Gasteiger partial charge in [-0.2, -0.15) is 0 Å². The largest absolute Gasteiger partial charge is 0.378 e. The molecule has 1 fully saturated rings. The lowest BCUT2D eigenvalue weighted by Gasteiger charge is -2.09. The van der Waals surface area contributed by atoms with Gasteiger partial charge in [0.2, 0.25) is 5.91 Å². The van der Waals surface area contributed by atoms with Gasteiger partial charge in [-0.3, -0.25) is 4.79 Å². The van der Waals surface area contributed by atoms with Crippen molar-refractivity contribution >= 4 is 5.91 Å². The molecule has 1 unspecified atom stereocenters. The van der Waals surface area contributed by atoms with Crippen LogP contribution in [-0.2, 0) is 9.53 Å².